The summed E-state index contributed by atoms with van der Waals surface area (Å²) in [7, 11) is -3.55. The lowest BCUT2D eigenvalue weighted by Crippen LogP contribution is -2.52. The van der Waals surface area contributed by atoms with Crippen LogP contribution in [-0.4, -0.2) is 67.7 Å². The average Bonchev–Trinajstić information content (AvgIpc) is 2.82. The fraction of sp³-hybridized carbons (Fsp3) is 0.458. The molecular formula is C24H29Cl2N3O3S. The van der Waals surface area contributed by atoms with E-state index in [0.717, 1.165) is 26.1 Å². The minimum Gasteiger partial charge on any atom is -0.340 e. The highest BCUT2D eigenvalue weighted by molar-refractivity contribution is 7.88. The number of nitrogens with zero attached hydrogens (tertiary/aromatic N) is 3. The highest BCUT2D eigenvalue weighted by Gasteiger charge is 2.35. The van der Waals surface area contributed by atoms with Crippen LogP contribution in [0.3, 0.4) is 0 Å². The van der Waals surface area contributed by atoms with Crippen LogP contribution in [0.1, 0.15) is 24.0 Å². The molecule has 0 saturated carbocycles. The number of rotatable bonds is 6. The second-order valence-corrected chi connectivity index (χ2v) is 11.6. The molecule has 0 unspecified atom stereocenters. The van der Waals surface area contributed by atoms with E-state index in [2.05, 4.69) is 17.0 Å². The summed E-state index contributed by atoms with van der Waals surface area (Å²) in [4.78, 5) is 17.4. The van der Waals surface area contributed by atoms with Gasteiger partial charge in [0.1, 0.15) is 0 Å². The first-order valence-electron chi connectivity index (χ1n) is 11.3. The quantitative estimate of drug-likeness (QED) is 0.592. The lowest BCUT2D eigenvalue weighted by Gasteiger charge is -2.38. The van der Waals surface area contributed by atoms with Crippen molar-refractivity contribution in [1.82, 2.24) is 14.1 Å². The van der Waals surface area contributed by atoms with E-state index in [-0.39, 0.29) is 24.1 Å². The number of benzene rings is 2. The second-order valence-electron chi connectivity index (χ2n) is 8.79. The summed E-state index contributed by atoms with van der Waals surface area (Å²) in [6.45, 7) is 4.58. The Morgan fingerprint density at radius 2 is 1.64 bits per heavy atom. The van der Waals surface area contributed by atoms with Crippen LogP contribution >= 0.6 is 23.2 Å². The molecule has 2 fully saturated rings. The number of amides is 1. The van der Waals surface area contributed by atoms with Crippen molar-refractivity contribution in [3.63, 3.8) is 0 Å². The van der Waals surface area contributed by atoms with Gasteiger partial charge in [-0.05, 0) is 36.1 Å². The maximum Gasteiger partial charge on any atom is 0.227 e. The van der Waals surface area contributed by atoms with Gasteiger partial charge < -0.3 is 4.90 Å². The van der Waals surface area contributed by atoms with E-state index in [1.807, 2.05) is 23.1 Å². The van der Waals surface area contributed by atoms with Gasteiger partial charge in [0.15, 0.2) is 0 Å². The van der Waals surface area contributed by atoms with Crippen LogP contribution in [0.15, 0.2) is 48.5 Å². The number of carbonyl (C=O) groups is 1. The van der Waals surface area contributed by atoms with Gasteiger partial charge in [0.2, 0.25) is 15.9 Å². The van der Waals surface area contributed by atoms with Gasteiger partial charge in [-0.1, -0.05) is 59.6 Å². The van der Waals surface area contributed by atoms with Crippen molar-refractivity contribution >= 4 is 39.1 Å². The van der Waals surface area contributed by atoms with Crippen molar-refractivity contribution in [3.05, 3.63) is 69.7 Å². The third kappa shape index (κ3) is 6.28. The zero-order valence-electron chi connectivity index (χ0n) is 18.5. The third-order valence-corrected chi connectivity index (χ3v) is 8.95. The highest BCUT2D eigenvalue weighted by atomic mass is 35.5. The standard InChI is InChI=1S/C24H29Cl2N3O3S/c25-22-9-8-20(15-23(22)26)18-33(31,32)29-10-4-7-21(17-29)24(30)28-13-11-27(12-14-28)16-19-5-2-1-3-6-19/h1-3,5-6,8-9,15,21H,4,7,10-14,16-18H2/t21-/m0/s1. The summed E-state index contributed by atoms with van der Waals surface area (Å²) < 4.78 is 27.5. The summed E-state index contributed by atoms with van der Waals surface area (Å²) >= 11 is 12.0. The molecule has 0 N–H and O–H groups in total. The molecule has 9 heteroatoms. The van der Waals surface area contributed by atoms with Gasteiger partial charge in [-0.2, -0.15) is 0 Å². The Hall–Kier alpha value is -1.64. The molecular weight excluding hydrogens is 481 g/mol. The molecule has 1 atom stereocenters. The van der Waals surface area contributed by atoms with Crippen molar-refractivity contribution in [3.8, 4) is 0 Å². The van der Waals surface area contributed by atoms with Crippen LogP contribution < -0.4 is 0 Å². The van der Waals surface area contributed by atoms with Crippen LogP contribution in [-0.2, 0) is 27.1 Å². The topological polar surface area (TPSA) is 60.9 Å². The van der Waals surface area contributed by atoms with Crippen LogP contribution in [0.5, 0.6) is 0 Å². The zero-order chi connectivity index (χ0) is 23.4. The first kappa shape index (κ1) is 24.5. The zero-order valence-corrected chi connectivity index (χ0v) is 20.8. The van der Waals surface area contributed by atoms with E-state index in [1.165, 1.54) is 9.87 Å². The minimum absolute atomic E-state index is 0.0730. The molecule has 0 bridgehead atoms. The summed E-state index contributed by atoms with van der Waals surface area (Å²) in [5, 5.41) is 0.729. The van der Waals surface area contributed by atoms with Crippen LogP contribution in [0, 0.1) is 5.92 Å². The van der Waals surface area contributed by atoms with Crippen molar-refractivity contribution in [2.24, 2.45) is 5.92 Å². The predicted molar refractivity (Wildman–Crippen MR) is 132 cm³/mol. The van der Waals surface area contributed by atoms with Crippen molar-refractivity contribution in [2.75, 3.05) is 39.3 Å². The Labute approximate surface area is 206 Å². The Balaban J connectivity index is 1.32. The molecule has 2 aliphatic rings. The first-order chi connectivity index (χ1) is 15.8. The number of hydrogen-bond donors (Lipinski definition) is 0. The maximum atomic E-state index is 13.2. The molecule has 0 aromatic heterocycles. The number of piperidine rings is 1. The molecule has 2 aromatic carbocycles. The van der Waals surface area contributed by atoms with Gasteiger partial charge in [0.25, 0.3) is 0 Å². The Kier molecular flexibility index (Phi) is 7.97. The summed E-state index contributed by atoms with van der Waals surface area (Å²) in [5.41, 5.74) is 1.86. The van der Waals surface area contributed by atoms with Crippen LogP contribution in [0.2, 0.25) is 10.0 Å². The van der Waals surface area contributed by atoms with E-state index >= 15 is 0 Å². The molecule has 0 aliphatic carbocycles. The molecule has 6 nitrogen and oxygen atoms in total. The van der Waals surface area contributed by atoms with Gasteiger partial charge in [-0.3, -0.25) is 9.69 Å². The molecule has 2 saturated heterocycles. The van der Waals surface area contributed by atoms with Gasteiger partial charge in [-0.15, -0.1) is 0 Å². The van der Waals surface area contributed by atoms with Crippen molar-refractivity contribution < 1.29 is 13.2 Å². The number of piperazine rings is 1. The Morgan fingerprint density at radius 1 is 0.909 bits per heavy atom. The van der Waals surface area contributed by atoms with E-state index in [4.69, 9.17) is 23.2 Å². The highest BCUT2D eigenvalue weighted by Crippen LogP contribution is 2.27. The molecule has 2 heterocycles. The molecule has 33 heavy (non-hydrogen) atoms. The molecule has 4 rings (SSSR count). The van der Waals surface area contributed by atoms with Crippen LogP contribution in [0.4, 0.5) is 0 Å². The second kappa shape index (κ2) is 10.7. The number of hydrogen-bond acceptors (Lipinski definition) is 4. The third-order valence-electron chi connectivity index (χ3n) is 6.39. The number of halogens is 2. The number of sulfonamides is 1. The lowest BCUT2D eigenvalue weighted by atomic mass is 9.97. The van der Waals surface area contributed by atoms with Gasteiger partial charge in [0, 0.05) is 45.8 Å². The minimum atomic E-state index is -3.55. The molecule has 0 radical (unpaired) electrons. The normalized spacial score (nSPS) is 20.7. The molecule has 2 aromatic rings. The number of carbonyl (C=O) groups excluding carboxylic acids is 1. The van der Waals surface area contributed by atoms with Gasteiger partial charge in [-0.25, -0.2) is 12.7 Å². The summed E-state index contributed by atoms with van der Waals surface area (Å²) in [5.74, 6) is -0.366. The van der Waals surface area contributed by atoms with Gasteiger partial charge in [0.05, 0.1) is 21.7 Å². The van der Waals surface area contributed by atoms with E-state index in [9.17, 15) is 13.2 Å². The maximum absolute atomic E-state index is 13.2. The largest absolute Gasteiger partial charge is 0.340 e. The average molecular weight is 510 g/mol. The van der Waals surface area contributed by atoms with Crippen LogP contribution in [0.25, 0.3) is 0 Å². The summed E-state index contributed by atoms with van der Waals surface area (Å²) in [6, 6.07) is 15.2. The molecule has 178 valence electrons. The fourth-order valence-electron chi connectivity index (χ4n) is 4.55. The van der Waals surface area contributed by atoms with Gasteiger partial charge >= 0.3 is 0 Å². The summed E-state index contributed by atoms with van der Waals surface area (Å²) in [6.07, 6.45) is 1.41. The van der Waals surface area contributed by atoms with Crippen molar-refractivity contribution in [2.45, 2.75) is 25.1 Å². The predicted octanol–water partition coefficient (Wildman–Crippen LogP) is 3.88. The van der Waals surface area contributed by atoms with E-state index < -0.39 is 10.0 Å². The Morgan fingerprint density at radius 3 is 2.33 bits per heavy atom. The van der Waals surface area contributed by atoms with E-state index in [1.54, 1.807) is 18.2 Å². The lowest BCUT2D eigenvalue weighted by molar-refractivity contribution is -0.138. The fourth-order valence-corrected chi connectivity index (χ4v) is 6.47. The molecule has 2 aliphatic heterocycles. The Bertz CT molecular complexity index is 1070. The first-order valence-corrected chi connectivity index (χ1v) is 13.6. The van der Waals surface area contributed by atoms with Crippen molar-refractivity contribution in [1.29, 1.82) is 0 Å². The molecule has 0 spiro atoms. The monoisotopic (exact) mass is 509 g/mol. The smallest absolute Gasteiger partial charge is 0.227 e. The SMILES string of the molecule is O=C([C@H]1CCCN(S(=O)(=O)Cc2ccc(Cl)c(Cl)c2)C1)N1CCN(Cc2ccccc2)CC1. The van der Waals surface area contributed by atoms with E-state index in [0.29, 0.717) is 41.7 Å². The molecule has 1 amide bonds.